The van der Waals surface area contributed by atoms with E-state index in [4.69, 9.17) is 4.74 Å². The van der Waals surface area contributed by atoms with Gasteiger partial charge in [0.15, 0.2) is 0 Å². The van der Waals surface area contributed by atoms with E-state index in [2.05, 4.69) is 42.5 Å². The summed E-state index contributed by atoms with van der Waals surface area (Å²) in [5.74, 6) is 1.12. The first-order valence-corrected chi connectivity index (χ1v) is 8.28. The minimum atomic E-state index is 0.419. The van der Waals surface area contributed by atoms with E-state index < -0.39 is 0 Å². The summed E-state index contributed by atoms with van der Waals surface area (Å²) in [6.07, 6.45) is 9.26. The highest BCUT2D eigenvalue weighted by atomic mass is 16.5. The molecule has 0 saturated heterocycles. The van der Waals surface area contributed by atoms with Crippen LogP contribution in [0.1, 0.15) is 49.7 Å². The van der Waals surface area contributed by atoms with Crippen LogP contribution in [0.4, 0.5) is 0 Å². The van der Waals surface area contributed by atoms with Crippen LogP contribution in [-0.4, -0.2) is 6.10 Å². The molecule has 0 amide bonds. The van der Waals surface area contributed by atoms with Crippen LogP contribution in [-0.2, 0) is 6.42 Å². The van der Waals surface area contributed by atoms with E-state index in [1.165, 1.54) is 60.8 Å². The molecule has 2 aromatic rings. The molecule has 0 aliphatic heterocycles. The number of ether oxygens (including phenoxy) is 1. The third-order valence-corrected chi connectivity index (χ3v) is 4.90. The Kier molecular flexibility index (Phi) is 3.42. The van der Waals surface area contributed by atoms with Crippen molar-refractivity contribution in [3.63, 3.8) is 0 Å². The van der Waals surface area contributed by atoms with Crippen molar-refractivity contribution >= 4 is 0 Å². The fourth-order valence-corrected chi connectivity index (χ4v) is 3.78. The average Bonchev–Trinajstić information content (AvgIpc) is 2.70. The Morgan fingerprint density at radius 3 is 2.38 bits per heavy atom. The fourth-order valence-electron chi connectivity index (χ4n) is 3.78. The van der Waals surface area contributed by atoms with Crippen LogP contribution in [0.3, 0.4) is 0 Å². The zero-order valence-corrected chi connectivity index (χ0v) is 12.5. The summed E-state index contributed by atoms with van der Waals surface area (Å²) in [5, 5.41) is 0. The summed E-state index contributed by atoms with van der Waals surface area (Å²) < 4.78 is 6.41. The molecule has 1 heteroatoms. The van der Waals surface area contributed by atoms with Crippen LogP contribution in [0, 0.1) is 0 Å². The largest absolute Gasteiger partial charge is 0.490 e. The molecule has 0 atom stereocenters. The molecule has 1 fully saturated rings. The lowest BCUT2D eigenvalue weighted by atomic mass is 10.1. The molecule has 0 spiro atoms. The second-order valence-corrected chi connectivity index (χ2v) is 6.35. The molecule has 0 unspecified atom stereocenters. The van der Waals surface area contributed by atoms with E-state index in [-0.39, 0.29) is 0 Å². The van der Waals surface area contributed by atoms with E-state index >= 15 is 0 Å². The standard InChI is InChI=1S/C20H22O/c1-2-4-10-16(9-3-1)21-20-13-7-12-18-17-11-6-5-8-15(17)14-19(18)20/h5-8,11-13,16H,1-4,9-10,14H2. The highest BCUT2D eigenvalue weighted by Gasteiger charge is 2.23. The molecule has 0 aromatic heterocycles. The highest BCUT2D eigenvalue weighted by Crippen LogP contribution is 2.41. The first-order valence-electron chi connectivity index (χ1n) is 8.28. The monoisotopic (exact) mass is 278 g/mol. The molecular weight excluding hydrogens is 256 g/mol. The van der Waals surface area contributed by atoms with Gasteiger partial charge in [0.05, 0.1) is 6.10 Å². The Morgan fingerprint density at radius 2 is 1.52 bits per heavy atom. The average molecular weight is 278 g/mol. The van der Waals surface area contributed by atoms with Crippen LogP contribution >= 0.6 is 0 Å². The maximum Gasteiger partial charge on any atom is 0.123 e. The van der Waals surface area contributed by atoms with Gasteiger partial charge >= 0.3 is 0 Å². The molecule has 4 rings (SSSR count). The van der Waals surface area contributed by atoms with Gasteiger partial charge in [-0.3, -0.25) is 0 Å². The molecule has 0 bridgehead atoms. The Morgan fingerprint density at radius 1 is 0.762 bits per heavy atom. The molecule has 2 aliphatic carbocycles. The Hall–Kier alpha value is -1.76. The SMILES string of the molecule is c1ccc2c(c1)Cc1c(OC3CCCCCC3)cccc1-2. The molecule has 108 valence electrons. The van der Waals surface area contributed by atoms with Gasteiger partial charge in [-0.2, -0.15) is 0 Å². The second-order valence-electron chi connectivity index (χ2n) is 6.35. The molecule has 0 heterocycles. The summed E-state index contributed by atoms with van der Waals surface area (Å²) in [7, 11) is 0. The van der Waals surface area contributed by atoms with Crippen LogP contribution in [0.25, 0.3) is 11.1 Å². The summed E-state index contributed by atoms with van der Waals surface area (Å²) in [5.41, 5.74) is 5.59. The van der Waals surface area contributed by atoms with Crippen molar-refractivity contribution < 1.29 is 4.74 Å². The lowest BCUT2D eigenvalue weighted by Gasteiger charge is -2.19. The predicted molar refractivity (Wildman–Crippen MR) is 86.8 cm³/mol. The van der Waals surface area contributed by atoms with E-state index in [9.17, 15) is 0 Å². The van der Waals surface area contributed by atoms with Crippen molar-refractivity contribution in [3.8, 4) is 16.9 Å². The molecule has 0 N–H and O–H groups in total. The Bertz CT molecular complexity index is 636. The van der Waals surface area contributed by atoms with E-state index in [0.29, 0.717) is 6.10 Å². The third-order valence-electron chi connectivity index (χ3n) is 4.90. The van der Waals surface area contributed by atoms with Crippen molar-refractivity contribution in [2.24, 2.45) is 0 Å². The first-order chi connectivity index (χ1) is 10.4. The van der Waals surface area contributed by atoms with Crippen molar-refractivity contribution in [1.82, 2.24) is 0 Å². The van der Waals surface area contributed by atoms with Crippen LogP contribution in [0.15, 0.2) is 42.5 Å². The lowest BCUT2D eigenvalue weighted by Crippen LogP contribution is -2.15. The number of hydrogen-bond acceptors (Lipinski definition) is 1. The summed E-state index contributed by atoms with van der Waals surface area (Å²) in [6, 6.07) is 15.3. The molecule has 21 heavy (non-hydrogen) atoms. The zero-order valence-electron chi connectivity index (χ0n) is 12.5. The number of fused-ring (bicyclic) bond motifs is 3. The summed E-state index contributed by atoms with van der Waals surface area (Å²) in [6.45, 7) is 0. The molecule has 1 saturated carbocycles. The fraction of sp³-hybridized carbons (Fsp3) is 0.400. The molecule has 1 nitrogen and oxygen atoms in total. The minimum absolute atomic E-state index is 0.419. The van der Waals surface area contributed by atoms with Crippen molar-refractivity contribution in [3.05, 3.63) is 53.6 Å². The van der Waals surface area contributed by atoms with Gasteiger partial charge in [-0.1, -0.05) is 49.2 Å². The highest BCUT2D eigenvalue weighted by molar-refractivity contribution is 5.78. The Labute approximate surface area is 127 Å². The van der Waals surface area contributed by atoms with Crippen molar-refractivity contribution in [2.75, 3.05) is 0 Å². The maximum atomic E-state index is 6.41. The van der Waals surface area contributed by atoms with Gasteiger partial charge in [0, 0.05) is 12.0 Å². The van der Waals surface area contributed by atoms with Gasteiger partial charge in [0.1, 0.15) is 5.75 Å². The Balaban J connectivity index is 1.63. The third kappa shape index (κ3) is 2.46. The van der Waals surface area contributed by atoms with Gasteiger partial charge in [0.25, 0.3) is 0 Å². The van der Waals surface area contributed by atoms with Crippen LogP contribution < -0.4 is 4.74 Å². The lowest BCUT2D eigenvalue weighted by molar-refractivity contribution is 0.182. The molecular formula is C20H22O. The van der Waals surface area contributed by atoms with Gasteiger partial charge < -0.3 is 4.74 Å². The predicted octanol–water partition coefficient (Wildman–Crippen LogP) is 5.36. The maximum absolute atomic E-state index is 6.41. The topological polar surface area (TPSA) is 9.23 Å². The van der Waals surface area contributed by atoms with E-state index in [1.54, 1.807) is 0 Å². The number of benzene rings is 2. The van der Waals surface area contributed by atoms with Gasteiger partial charge in [-0.15, -0.1) is 0 Å². The molecule has 2 aliphatic rings. The van der Waals surface area contributed by atoms with Crippen LogP contribution in [0.5, 0.6) is 5.75 Å². The summed E-state index contributed by atoms with van der Waals surface area (Å²) in [4.78, 5) is 0. The number of rotatable bonds is 2. The second kappa shape index (κ2) is 5.55. The van der Waals surface area contributed by atoms with Crippen molar-refractivity contribution in [2.45, 2.75) is 51.0 Å². The normalized spacial score (nSPS) is 17.9. The van der Waals surface area contributed by atoms with Gasteiger partial charge in [-0.05, 0) is 48.4 Å². The van der Waals surface area contributed by atoms with Crippen molar-refractivity contribution in [1.29, 1.82) is 0 Å². The quantitative estimate of drug-likeness (QED) is 0.573. The van der Waals surface area contributed by atoms with E-state index in [0.717, 1.165) is 12.2 Å². The zero-order chi connectivity index (χ0) is 14.1. The minimum Gasteiger partial charge on any atom is -0.490 e. The van der Waals surface area contributed by atoms with Gasteiger partial charge in [-0.25, -0.2) is 0 Å². The van der Waals surface area contributed by atoms with Crippen LogP contribution in [0.2, 0.25) is 0 Å². The summed E-state index contributed by atoms with van der Waals surface area (Å²) >= 11 is 0. The smallest absolute Gasteiger partial charge is 0.123 e. The molecule has 2 aromatic carbocycles. The molecule has 0 radical (unpaired) electrons. The van der Waals surface area contributed by atoms with Gasteiger partial charge in [0.2, 0.25) is 0 Å². The first kappa shape index (κ1) is 12.9. The number of hydrogen-bond donors (Lipinski definition) is 0. The van der Waals surface area contributed by atoms with E-state index in [1.807, 2.05) is 0 Å².